The highest BCUT2D eigenvalue weighted by molar-refractivity contribution is 8.00. The quantitative estimate of drug-likeness (QED) is 0.383. The average Bonchev–Trinajstić information content (AvgIpc) is 3.03. The molecule has 0 radical (unpaired) electrons. The molecular weight excluding hydrogens is 428 g/mol. The Balaban J connectivity index is 1.57. The summed E-state index contributed by atoms with van der Waals surface area (Å²) in [5.41, 5.74) is -1.18. The maximum atomic E-state index is 12.4. The zero-order valence-corrected chi connectivity index (χ0v) is 17.2. The second kappa shape index (κ2) is 7.37. The van der Waals surface area contributed by atoms with Gasteiger partial charge >= 0.3 is 5.97 Å². The number of carbonyl (C=O) groups is 3. The highest BCUT2D eigenvalue weighted by Gasteiger charge is 2.56. The molecule has 3 N–H and O–H groups in total. The van der Waals surface area contributed by atoms with Gasteiger partial charge in [-0.15, -0.1) is 29.7 Å². The van der Waals surface area contributed by atoms with Crippen molar-refractivity contribution in [2.45, 2.75) is 17.8 Å². The van der Waals surface area contributed by atoms with Gasteiger partial charge in [-0.25, -0.2) is 13.4 Å². The summed E-state index contributed by atoms with van der Waals surface area (Å²) in [4.78, 5) is 42.0. The molecule has 2 aliphatic heterocycles. The number of carbonyl (C=O) groups excluding carboxylic acids is 2. The fourth-order valence-electron chi connectivity index (χ4n) is 2.91. The average molecular weight is 447 g/mol. The van der Waals surface area contributed by atoms with E-state index >= 15 is 0 Å². The number of carboxylic acid groups (broad SMARTS) is 1. The van der Waals surface area contributed by atoms with E-state index in [1.165, 1.54) is 28.9 Å². The van der Waals surface area contributed by atoms with Crippen LogP contribution in [0.25, 0.3) is 0 Å². The Hall–Kier alpha value is -2.12. The first kappa shape index (κ1) is 20.6. The van der Waals surface area contributed by atoms with Crippen molar-refractivity contribution in [2.24, 2.45) is 5.41 Å². The Labute approximate surface area is 169 Å². The van der Waals surface area contributed by atoms with Crippen LogP contribution in [0.4, 0.5) is 5.13 Å². The molecule has 0 aliphatic carbocycles. The van der Waals surface area contributed by atoms with Crippen molar-refractivity contribution in [1.29, 1.82) is 0 Å². The van der Waals surface area contributed by atoms with Crippen molar-refractivity contribution in [3.63, 3.8) is 0 Å². The van der Waals surface area contributed by atoms with Crippen molar-refractivity contribution in [2.75, 3.05) is 23.3 Å². The number of thioether (sulfide) groups is 1. The van der Waals surface area contributed by atoms with Crippen molar-refractivity contribution < 1.29 is 27.9 Å². The summed E-state index contributed by atoms with van der Waals surface area (Å²) < 4.78 is 24.6. The van der Waals surface area contributed by atoms with Gasteiger partial charge in [0.25, 0.3) is 0 Å². The van der Waals surface area contributed by atoms with Crippen molar-refractivity contribution in [3.8, 4) is 0 Å². The Kier molecular flexibility index (Phi) is 5.42. The van der Waals surface area contributed by atoms with E-state index in [1.54, 1.807) is 0 Å². The number of nitrogens with one attached hydrogen (secondary N) is 2. The number of β-lactam (4-membered cyclic amide) rings is 1. The summed E-state index contributed by atoms with van der Waals surface area (Å²) in [6.45, 7) is 3.61. The fourth-order valence-corrected chi connectivity index (χ4v) is 6.10. The summed E-state index contributed by atoms with van der Waals surface area (Å²) in [5, 5.41) is 11.9. The number of anilines is 1. The summed E-state index contributed by atoms with van der Waals surface area (Å²) in [6.07, 6.45) is 3.70. The number of thiazole rings is 1. The molecule has 2 amide bonds. The normalized spacial score (nSPS) is 26.8. The number of sulfonamides is 1. The van der Waals surface area contributed by atoms with E-state index in [0.717, 1.165) is 17.6 Å². The maximum Gasteiger partial charge on any atom is 0.316 e. The number of aromatic nitrogens is 1. The van der Waals surface area contributed by atoms with Gasteiger partial charge in [0.15, 0.2) is 5.13 Å². The molecule has 0 bridgehead atoms. The predicted octanol–water partition coefficient (Wildman–Crippen LogP) is -0.286. The maximum absolute atomic E-state index is 12.4. The van der Waals surface area contributed by atoms with E-state index in [4.69, 9.17) is 0 Å². The molecule has 10 nitrogen and oxygen atoms in total. The van der Waals surface area contributed by atoms with Gasteiger partial charge in [0.1, 0.15) is 16.8 Å². The standard InChI is InChI=1S/C15H18N4O6S3/c1-3-15(13(22)23)6-19-11(21)10(12(19)26-7-15)17-9(20)4-8-5-16-14(27-8)18-28(2,24)25/h3,5,10,12H,1,4,6-7H2,2H3,(H,16,18)(H,17,20)(H,22,23)/t10?,12-,15?/m1/s1. The minimum absolute atomic E-state index is 0.0318. The van der Waals surface area contributed by atoms with Gasteiger partial charge in [0.05, 0.1) is 12.7 Å². The lowest BCUT2D eigenvalue weighted by Gasteiger charge is -2.53. The van der Waals surface area contributed by atoms with Crippen LogP contribution in [0.3, 0.4) is 0 Å². The lowest BCUT2D eigenvalue weighted by molar-refractivity contribution is -0.156. The largest absolute Gasteiger partial charge is 0.481 e. The van der Waals surface area contributed by atoms with Gasteiger partial charge in [-0.3, -0.25) is 19.1 Å². The molecule has 2 unspecified atom stereocenters. The number of hydrogen-bond donors (Lipinski definition) is 3. The number of fused-ring (bicyclic) bond motifs is 1. The van der Waals surface area contributed by atoms with Gasteiger partial charge < -0.3 is 15.3 Å². The predicted molar refractivity (Wildman–Crippen MR) is 104 cm³/mol. The number of rotatable bonds is 7. The molecule has 2 fully saturated rings. The second-order valence-corrected chi connectivity index (χ2v) is 10.5. The Morgan fingerprint density at radius 2 is 2.25 bits per heavy atom. The first-order chi connectivity index (χ1) is 13.0. The summed E-state index contributed by atoms with van der Waals surface area (Å²) >= 11 is 2.33. The van der Waals surface area contributed by atoms with Crippen LogP contribution < -0.4 is 10.0 Å². The number of carboxylic acids is 1. The van der Waals surface area contributed by atoms with E-state index in [1.807, 2.05) is 0 Å². The molecule has 1 aromatic rings. The third-order valence-electron chi connectivity index (χ3n) is 4.40. The van der Waals surface area contributed by atoms with E-state index < -0.39 is 33.4 Å². The SMILES string of the molecule is C=CC1(C(=O)O)CS[C@@H]2C(NC(=O)Cc3cnc(NS(C)(=O)=O)s3)C(=O)N2C1. The van der Waals surface area contributed by atoms with Crippen molar-refractivity contribution >= 4 is 56.0 Å². The Morgan fingerprint density at radius 1 is 1.54 bits per heavy atom. The molecule has 0 saturated carbocycles. The van der Waals surface area contributed by atoms with E-state index in [0.29, 0.717) is 4.88 Å². The first-order valence-electron chi connectivity index (χ1n) is 8.05. The van der Waals surface area contributed by atoms with Crippen LogP contribution in [0.5, 0.6) is 0 Å². The van der Waals surface area contributed by atoms with Crippen LogP contribution in [0.15, 0.2) is 18.9 Å². The van der Waals surface area contributed by atoms with Crippen LogP contribution in [0.1, 0.15) is 4.88 Å². The lowest BCUT2D eigenvalue weighted by Crippen LogP contribution is -2.73. The summed E-state index contributed by atoms with van der Waals surface area (Å²) in [6, 6.07) is -0.712. The number of aliphatic carboxylic acids is 1. The van der Waals surface area contributed by atoms with Crippen LogP contribution >= 0.6 is 23.1 Å². The molecule has 152 valence electrons. The summed E-state index contributed by atoms with van der Waals surface area (Å²) in [7, 11) is -3.45. The van der Waals surface area contributed by atoms with Crippen LogP contribution in [0, 0.1) is 5.41 Å². The number of amides is 2. The highest BCUT2D eigenvalue weighted by Crippen LogP contribution is 2.42. The highest BCUT2D eigenvalue weighted by atomic mass is 32.2. The number of hydrogen-bond acceptors (Lipinski definition) is 8. The molecule has 3 rings (SSSR count). The van der Waals surface area contributed by atoms with Gasteiger partial charge in [0, 0.05) is 23.4 Å². The molecule has 2 aliphatic rings. The molecule has 2 saturated heterocycles. The molecule has 3 heterocycles. The first-order valence-corrected chi connectivity index (χ1v) is 11.8. The Bertz CT molecular complexity index is 945. The van der Waals surface area contributed by atoms with Crippen LogP contribution in [-0.2, 0) is 30.8 Å². The van der Waals surface area contributed by atoms with Crippen molar-refractivity contribution in [1.82, 2.24) is 15.2 Å². The lowest BCUT2D eigenvalue weighted by atomic mass is 9.87. The monoisotopic (exact) mass is 446 g/mol. The topological polar surface area (TPSA) is 146 Å². The zero-order valence-electron chi connectivity index (χ0n) is 14.7. The molecule has 13 heteroatoms. The third-order valence-corrected chi connectivity index (χ3v) is 7.56. The van der Waals surface area contributed by atoms with Crippen molar-refractivity contribution in [3.05, 3.63) is 23.7 Å². The fraction of sp³-hybridized carbons (Fsp3) is 0.467. The van der Waals surface area contributed by atoms with E-state index in [2.05, 4.69) is 21.6 Å². The van der Waals surface area contributed by atoms with Gasteiger partial charge in [0.2, 0.25) is 21.8 Å². The van der Waals surface area contributed by atoms with Gasteiger partial charge in [-0.05, 0) is 0 Å². The zero-order chi connectivity index (χ0) is 20.7. The molecule has 28 heavy (non-hydrogen) atoms. The molecular formula is C15H18N4O6S3. The number of nitrogens with zero attached hydrogens (tertiary/aromatic N) is 2. The molecule has 3 atom stereocenters. The molecule has 0 aromatic carbocycles. The molecule has 0 spiro atoms. The van der Waals surface area contributed by atoms with E-state index in [-0.39, 0.29) is 35.1 Å². The second-order valence-electron chi connectivity index (χ2n) is 6.56. The van der Waals surface area contributed by atoms with Gasteiger partial charge in [-0.1, -0.05) is 6.08 Å². The van der Waals surface area contributed by atoms with Crippen LogP contribution in [0.2, 0.25) is 0 Å². The Morgan fingerprint density at radius 3 is 2.86 bits per heavy atom. The summed E-state index contributed by atoms with van der Waals surface area (Å²) in [5.74, 6) is -1.49. The van der Waals surface area contributed by atoms with E-state index in [9.17, 15) is 27.9 Å². The minimum Gasteiger partial charge on any atom is -0.481 e. The third kappa shape index (κ3) is 4.00. The van der Waals surface area contributed by atoms with Crippen LogP contribution in [-0.4, -0.2) is 71.2 Å². The van der Waals surface area contributed by atoms with Gasteiger partial charge in [-0.2, -0.15) is 0 Å². The molecule has 1 aromatic heterocycles. The minimum atomic E-state index is -3.45. The smallest absolute Gasteiger partial charge is 0.316 e.